The monoisotopic (exact) mass is 640 g/mol. The number of halogens is 2. The van der Waals surface area contributed by atoms with E-state index in [1.165, 1.54) is 44.2 Å². The van der Waals surface area contributed by atoms with Crippen molar-refractivity contribution in [2.45, 2.75) is 95.3 Å². The molecule has 5 aliphatic rings. The van der Waals surface area contributed by atoms with Crippen LogP contribution in [-0.4, -0.2) is 75.4 Å². The van der Waals surface area contributed by atoms with Crippen molar-refractivity contribution < 1.29 is 18.6 Å². The van der Waals surface area contributed by atoms with Crippen molar-refractivity contribution in [3.8, 4) is 23.0 Å². The number of hydrogen-bond acceptors (Lipinski definition) is 8. The molecule has 0 radical (unpaired) electrons. The molecule has 4 aliphatic heterocycles. The molecular formula is C37H42F2N6O2. The third-order valence-corrected chi connectivity index (χ3v) is 11.7. The summed E-state index contributed by atoms with van der Waals surface area (Å²) in [4.78, 5) is 19.2. The number of rotatable bonds is 8. The second kappa shape index (κ2) is 11.2. The highest BCUT2D eigenvalue weighted by atomic mass is 19.1. The number of phenols is 1. The van der Waals surface area contributed by atoms with Crippen LogP contribution in [0.3, 0.4) is 0 Å². The number of fused-ring (bicyclic) bond motifs is 6. The van der Waals surface area contributed by atoms with Gasteiger partial charge in [0.1, 0.15) is 28.6 Å². The van der Waals surface area contributed by atoms with Gasteiger partial charge >= 0.3 is 6.01 Å². The smallest absolute Gasteiger partial charge is 0.319 e. The molecule has 2 aromatic carbocycles. The number of pyridine rings is 1. The van der Waals surface area contributed by atoms with Crippen LogP contribution < -0.4 is 15.0 Å². The normalized spacial score (nSPS) is 26.4. The fourth-order valence-electron chi connectivity index (χ4n) is 9.13. The lowest BCUT2D eigenvalue weighted by Gasteiger charge is -2.37. The Balaban J connectivity index is 1.12. The van der Waals surface area contributed by atoms with Crippen LogP contribution in [0.15, 0.2) is 30.5 Å². The SMILES string of the molecule is CCc1c(F)ccc2cc(O)cc(-c3ncc4c(N5C[C@H]6CC[C@@H](C5)N6)nc(OCC5(CN6C7CCCC6CC7)CC5)nc4c3F)c12. The number of benzene rings is 2. The minimum absolute atomic E-state index is 0.0221. The van der Waals surface area contributed by atoms with Crippen molar-refractivity contribution in [2.75, 3.05) is 31.1 Å². The molecule has 6 heterocycles. The van der Waals surface area contributed by atoms with E-state index in [-0.39, 0.29) is 34.2 Å². The Labute approximate surface area is 273 Å². The van der Waals surface area contributed by atoms with Crippen molar-refractivity contribution in [3.63, 3.8) is 0 Å². The van der Waals surface area contributed by atoms with Gasteiger partial charge in [-0.1, -0.05) is 19.4 Å². The van der Waals surface area contributed by atoms with Gasteiger partial charge in [0.25, 0.3) is 0 Å². The Hall–Kier alpha value is -3.63. The summed E-state index contributed by atoms with van der Waals surface area (Å²) < 4.78 is 38.4. The molecule has 10 heteroatoms. The molecule has 47 heavy (non-hydrogen) atoms. The van der Waals surface area contributed by atoms with Gasteiger partial charge in [-0.3, -0.25) is 9.88 Å². The van der Waals surface area contributed by atoms with Gasteiger partial charge in [-0.25, -0.2) is 8.78 Å². The summed E-state index contributed by atoms with van der Waals surface area (Å²) in [5.41, 5.74) is 1.04. The van der Waals surface area contributed by atoms with Crippen molar-refractivity contribution in [1.29, 1.82) is 0 Å². The van der Waals surface area contributed by atoms with E-state index in [0.29, 0.717) is 70.3 Å². The van der Waals surface area contributed by atoms with Crippen LogP contribution in [-0.2, 0) is 6.42 Å². The van der Waals surface area contributed by atoms with E-state index >= 15 is 8.78 Å². The van der Waals surface area contributed by atoms with E-state index in [9.17, 15) is 5.11 Å². The largest absolute Gasteiger partial charge is 0.508 e. The van der Waals surface area contributed by atoms with Crippen LogP contribution in [0.1, 0.15) is 70.3 Å². The molecular weight excluding hydrogens is 598 g/mol. The lowest BCUT2D eigenvalue weighted by atomic mass is 9.94. The van der Waals surface area contributed by atoms with Gasteiger partial charge in [-0.05, 0) is 92.3 Å². The number of phenolic OH excluding ortho intramolecular Hbond substituents is 1. The Bertz CT molecular complexity index is 1850. The molecule has 4 bridgehead atoms. The summed E-state index contributed by atoms with van der Waals surface area (Å²) in [6.07, 6.45) is 13.0. The number of aromatic hydroxyl groups is 1. The number of anilines is 1. The Morgan fingerprint density at radius 2 is 1.77 bits per heavy atom. The molecule has 9 rings (SSSR count). The molecule has 1 aliphatic carbocycles. The summed E-state index contributed by atoms with van der Waals surface area (Å²) >= 11 is 0. The Morgan fingerprint density at radius 1 is 1.00 bits per heavy atom. The van der Waals surface area contributed by atoms with Gasteiger partial charge in [0.15, 0.2) is 5.82 Å². The molecule has 4 atom stereocenters. The fraction of sp³-hybridized carbons (Fsp3) is 0.541. The van der Waals surface area contributed by atoms with Gasteiger partial charge < -0.3 is 20.1 Å². The first-order chi connectivity index (χ1) is 22.9. The van der Waals surface area contributed by atoms with Crippen molar-refractivity contribution in [2.24, 2.45) is 5.41 Å². The first-order valence-corrected chi connectivity index (χ1v) is 17.6. The minimum atomic E-state index is -0.627. The third kappa shape index (κ3) is 5.10. The van der Waals surface area contributed by atoms with Crippen LogP contribution in [0, 0.1) is 17.0 Å². The van der Waals surface area contributed by atoms with E-state index in [1.807, 2.05) is 6.92 Å². The molecule has 2 N–H and O–H groups in total. The number of aryl methyl sites for hydroxylation is 1. The lowest BCUT2D eigenvalue weighted by Crippen LogP contribution is -2.51. The van der Waals surface area contributed by atoms with Crippen LogP contribution in [0.25, 0.3) is 32.9 Å². The molecule has 2 unspecified atom stereocenters. The highest BCUT2D eigenvalue weighted by Gasteiger charge is 2.49. The van der Waals surface area contributed by atoms with Crippen LogP contribution >= 0.6 is 0 Å². The standard InChI is InChI=1S/C37H42F2N6O2/c1-2-27-30(38)11-6-21-14-26(46)15-28(31(21)27)33-32(39)34-29(16-40-33)35(44-17-22-7-8-23(18-44)41-22)43-36(42-34)47-20-37(12-13-37)19-45-24-4-3-5-25(45)10-9-24/h6,11,14-16,22-25,41,46H,2-5,7-10,12-13,17-20H2,1H3/t22-,23+,24?,25?. The molecule has 1 saturated carbocycles. The zero-order valence-electron chi connectivity index (χ0n) is 26.9. The highest BCUT2D eigenvalue weighted by molar-refractivity contribution is 6.01. The van der Waals surface area contributed by atoms with Crippen LogP contribution in [0.2, 0.25) is 0 Å². The number of aromatic nitrogens is 3. The maximum Gasteiger partial charge on any atom is 0.319 e. The summed E-state index contributed by atoms with van der Waals surface area (Å²) in [6, 6.07) is 8.35. The van der Waals surface area contributed by atoms with Gasteiger partial charge in [-0.2, -0.15) is 9.97 Å². The second-order valence-electron chi connectivity index (χ2n) is 14.8. The first kappa shape index (κ1) is 29.5. The maximum absolute atomic E-state index is 16.9. The van der Waals surface area contributed by atoms with E-state index < -0.39 is 5.82 Å². The number of piperidine rings is 1. The summed E-state index contributed by atoms with van der Waals surface area (Å²) in [5.74, 6) is -0.393. The van der Waals surface area contributed by atoms with E-state index in [4.69, 9.17) is 14.7 Å². The summed E-state index contributed by atoms with van der Waals surface area (Å²) in [6.45, 7) is 4.96. The van der Waals surface area contributed by atoms with Gasteiger partial charge in [-0.15, -0.1) is 0 Å². The van der Waals surface area contributed by atoms with Gasteiger partial charge in [0.2, 0.25) is 0 Å². The zero-order chi connectivity index (χ0) is 31.9. The predicted molar refractivity (Wildman–Crippen MR) is 178 cm³/mol. The van der Waals surface area contributed by atoms with Gasteiger partial charge in [0, 0.05) is 61.0 Å². The summed E-state index contributed by atoms with van der Waals surface area (Å²) in [7, 11) is 0. The molecule has 246 valence electrons. The average molecular weight is 641 g/mol. The molecule has 0 spiro atoms. The number of nitrogens with one attached hydrogen (secondary N) is 1. The van der Waals surface area contributed by atoms with Crippen LogP contribution in [0.5, 0.6) is 11.8 Å². The topological polar surface area (TPSA) is 86.6 Å². The molecule has 4 aromatic rings. The average Bonchev–Trinajstić information content (AvgIpc) is 3.72. The van der Waals surface area contributed by atoms with E-state index in [0.717, 1.165) is 45.3 Å². The number of ether oxygens (including phenoxy) is 1. The Kier molecular flexibility index (Phi) is 7.05. The van der Waals surface area contributed by atoms with Crippen LogP contribution in [0.4, 0.5) is 14.6 Å². The maximum atomic E-state index is 16.9. The van der Waals surface area contributed by atoms with Crippen molar-refractivity contribution in [3.05, 3.63) is 47.7 Å². The number of piperazine rings is 1. The predicted octanol–water partition coefficient (Wildman–Crippen LogP) is 6.51. The van der Waals surface area contributed by atoms with Gasteiger partial charge in [0.05, 0.1) is 12.0 Å². The summed E-state index contributed by atoms with van der Waals surface area (Å²) in [5, 5.41) is 16.0. The Morgan fingerprint density at radius 3 is 2.49 bits per heavy atom. The fourth-order valence-corrected chi connectivity index (χ4v) is 9.13. The molecule has 0 amide bonds. The second-order valence-corrected chi connectivity index (χ2v) is 14.8. The van der Waals surface area contributed by atoms with E-state index in [1.54, 1.807) is 18.3 Å². The minimum Gasteiger partial charge on any atom is -0.508 e. The first-order valence-electron chi connectivity index (χ1n) is 17.6. The molecule has 4 saturated heterocycles. The van der Waals surface area contributed by atoms with Crippen molar-refractivity contribution in [1.82, 2.24) is 25.2 Å². The zero-order valence-corrected chi connectivity index (χ0v) is 26.9. The molecule has 2 aromatic heterocycles. The molecule has 5 fully saturated rings. The molecule has 8 nitrogen and oxygen atoms in total. The highest BCUT2D eigenvalue weighted by Crippen LogP contribution is 2.50. The third-order valence-electron chi connectivity index (χ3n) is 11.7. The number of hydrogen-bond donors (Lipinski definition) is 2. The van der Waals surface area contributed by atoms with Crippen molar-refractivity contribution >= 4 is 27.5 Å². The van der Waals surface area contributed by atoms with E-state index in [2.05, 4.69) is 20.1 Å². The quantitative estimate of drug-likeness (QED) is 0.226. The lowest BCUT2D eigenvalue weighted by molar-refractivity contribution is 0.0882. The number of nitrogens with zero attached hydrogens (tertiary/aromatic N) is 5.